The number of nitrogens with zero attached hydrogens (tertiary/aromatic N) is 3. The predicted molar refractivity (Wildman–Crippen MR) is 120 cm³/mol. The van der Waals surface area contributed by atoms with Gasteiger partial charge in [-0.25, -0.2) is 27.6 Å². The summed E-state index contributed by atoms with van der Waals surface area (Å²) < 4.78 is 54.5. The number of amides is 1. The van der Waals surface area contributed by atoms with Crippen LogP contribution in [0.1, 0.15) is 32.3 Å². The van der Waals surface area contributed by atoms with Crippen LogP contribution >= 0.6 is 0 Å². The summed E-state index contributed by atoms with van der Waals surface area (Å²) in [6, 6.07) is 3.44. The zero-order valence-corrected chi connectivity index (χ0v) is 20.4. The van der Waals surface area contributed by atoms with Crippen LogP contribution in [-0.4, -0.2) is 61.4 Å². The summed E-state index contributed by atoms with van der Waals surface area (Å²) in [6.07, 6.45) is 3.63. The van der Waals surface area contributed by atoms with E-state index in [9.17, 15) is 17.6 Å². The van der Waals surface area contributed by atoms with E-state index in [2.05, 4.69) is 9.97 Å². The Morgan fingerprint density at radius 2 is 2.03 bits per heavy atom. The van der Waals surface area contributed by atoms with E-state index in [-0.39, 0.29) is 34.1 Å². The highest BCUT2D eigenvalue weighted by atomic mass is 32.2. The van der Waals surface area contributed by atoms with Crippen molar-refractivity contribution in [2.45, 2.75) is 44.6 Å². The van der Waals surface area contributed by atoms with Gasteiger partial charge in [-0.15, -0.1) is 0 Å². The summed E-state index contributed by atoms with van der Waals surface area (Å²) in [6.45, 7) is 7.08. The molecule has 4 rings (SSSR count). The zero-order chi connectivity index (χ0) is 24.7. The normalized spacial score (nSPS) is 21.7. The molecule has 1 amide bonds. The molecule has 0 N–H and O–H groups in total. The van der Waals surface area contributed by atoms with Crippen LogP contribution in [0.25, 0.3) is 0 Å². The van der Waals surface area contributed by atoms with Gasteiger partial charge in [-0.1, -0.05) is 0 Å². The third-order valence-corrected chi connectivity index (χ3v) is 7.41. The molecule has 9 nitrogen and oxygen atoms in total. The maximum absolute atomic E-state index is 14.4. The van der Waals surface area contributed by atoms with E-state index in [0.717, 1.165) is 25.2 Å². The SMILES string of the molecule is Cc1c(OC[C@@]23CCN(C(=O)OC(C)C)C[C@@H]2C3)ncnc1Oc1ccc(S(C)(=O)=O)cc1F. The molecule has 11 heteroatoms. The molecule has 0 radical (unpaired) electrons. The van der Waals surface area contributed by atoms with E-state index in [1.54, 1.807) is 11.8 Å². The first-order valence-corrected chi connectivity index (χ1v) is 12.9. The Labute approximate surface area is 198 Å². The lowest BCUT2D eigenvalue weighted by Crippen LogP contribution is -2.41. The average molecular weight is 494 g/mol. The third-order valence-electron chi connectivity index (χ3n) is 6.30. The molecule has 0 bridgehead atoms. The van der Waals surface area contributed by atoms with Crippen molar-refractivity contribution >= 4 is 15.9 Å². The minimum atomic E-state index is -3.53. The van der Waals surface area contributed by atoms with E-state index in [1.165, 1.54) is 18.5 Å². The molecule has 1 aromatic heterocycles. The van der Waals surface area contributed by atoms with Crippen LogP contribution < -0.4 is 9.47 Å². The number of likely N-dealkylation sites (tertiary alicyclic amines) is 1. The minimum Gasteiger partial charge on any atom is -0.477 e. The molecule has 2 heterocycles. The molecule has 2 fully saturated rings. The predicted octanol–water partition coefficient (Wildman–Crippen LogP) is 3.76. The standard InChI is InChI=1S/C23H28FN3O6S/c1-14(2)32-22(28)27-8-7-23(10-16(23)11-27)12-31-20-15(3)21(26-13-25-20)33-19-6-5-17(9-18(19)24)34(4,29)30/h5-6,9,13-14,16H,7-8,10-12H2,1-4H3/t16-,23-/m0/s1. The maximum atomic E-state index is 14.4. The van der Waals surface area contributed by atoms with Gasteiger partial charge in [-0.05, 0) is 57.7 Å². The second-order valence-electron chi connectivity index (χ2n) is 9.26. The molecule has 1 aliphatic carbocycles. The summed E-state index contributed by atoms with van der Waals surface area (Å²) in [4.78, 5) is 22.0. The molecule has 34 heavy (non-hydrogen) atoms. The van der Waals surface area contributed by atoms with Gasteiger partial charge >= 0.3 is 6.09 Å². The number of ether oxygens (including phenoxy) is 3. The highest BCUT2D eigenvalue weighted by Crippen LogP contribution is 2.58. The van der Waals surface area contributed by atoms with Gasteiger partial charge < -0.3 is 19.1 Å². The summed E-state index contributed by atoms with van der Waals surface area (Å²) in [5, 5.41) is 0. The largest absolute Gasteiger partial charge is 0.477 e. The lowest BCUT2D eigenvalue weighted by atomic mass is 9.96. The molecule has 0 spiro atoms. The van der Waals surface area contributed by atoms with Crippen LogP contribution in [-0.2, 0) is 14.6 Å². The lowest BCUT2D eigenvalue weighted by molar-refractivity contribution is 0.0586. The first kappa shape index (κ1) is 24.2. The highest BCUT2D eigenvalue weighted by molar-refractivity contribution is 7.90. The van der Waals surface area contributed by atoms with Crippen molar-refractivity contribution in [1.29, 1.82) is 0 Å². The van der Waals surface area contributed by atoms with Gasteiger partial charge in [0.1, 0.15) is 6.33 Å². The van der Waals surface area contributed by atoms with E-state index < -0.39 is 15.7 Å². The molecule has 2 aromatic rings. The summed E-state index contributed by atoms with van der Waals surface area (Å²) >= 11 is 0. The number of fused-ring (bicyclic) bond motifs is 1. The van der Waals surface area contributed by atoms with Gasteiger partial charge in [0.2, 0.25) is 11.8 Å². The quantitative estimate of drug-likeness (QED) is 0.574. The van der Waals surface area contributed by atoms with Crippen molar-refractivity contribution in [3.05, 3.63) is 35.9 Å². The third kappa shape index (κ3) is 5.08. The minimum absolute atomic E-state index is 0.000600. The molecule has 1 aromatic carbocycles. The van der Waals surface area contributed by atoms with Gasteiger partial charge in [-0.2, -0.15) is 0 Å². The van der Waals surface area contributed by atoms with E-state index in [1.807, 2.05) is 13.8 Å². The number of hydrogen-bond donors (Lipinski definition) is 0. The monoisotopic (exact) mass is 493 g/mol. The van der Waals surface area contributed by atoms with Gasteiger partial charge in [0.15, 0.2) is 21.4 Å². The summed E-state index contributed by atoms with van der Waals surface area (Å²) in [5.74, 6) is -0.166. The van der Waals surface area contributed by atoms with Crippen LogP contribution in [0.4, 0.5) is 9.18 Å². The first-order valence-electron chi connectivity index (χ1n) is 11.1. The number of rotatable bonds is 7. The van der Waals surface area contributed by atoms with E-state index >= 15 is 0 Å². The van der Waals surface area contributed by atoms with Crippen LogP contribution in [0.2, 0.25) is 0 Å². The number of halogens is 1. The Hall–Kier alpha value is -2.95. The van der Waals surface area contributed by atoms with Gasteiger partial charge in [0.05, 0.1) is 23.2 Å². The van der Waals surface area contributed by atoms with Crippen LogP contribution in [0.15, 0.2) is 29.4 Å². The molecule has 1 saturated heterocycles. The molecular weight excluding hydrogens is 465 g/mol. The number of hydrogen-bond acceptors (Lipinski definition) is 8. The highest BCUT2D eigenvalue weighted by Gasteiger charge is 2.58. The summed E-state index contributed by atoms with van der Waals surface area (Å²) in [5.41, 5.74) is 0.501. The fraction of sp³-hybridized carbons (Fsp3) is 0.522. The fourth-order valence-electron chi connectivity index (χ4n) is 4.18. The second kappa shape index (κ2) is 9.01. The smallest absolute Gasteiger partial charge is 0.410 e. The van der Waals surface area contributed by atoms with Crippen molar-refractivity contribution in [2.24, 2.45) is 11.3 Å². The molecule has 1 aliphatic heterocycles. The molecule has 2 atom stereocenters. The van der Waals surface area contributed by atoms with Gasteiger partial charge in [0.25, 0.3) is 0 Å². The first-order chi connectivity index (χ1) is 16.0. The Bertz CT molecular complexity index is 1210. The van der Waals surface area contributed by atoms with Gasteiger partial charge in [-0.3, -0.25) is 0 Å². The Morgan fingerprint density at radius 1 is 1.29 bits per heavy atom. The number of carbonyl (C=O) groups is 1. The van der Waals surface area contributed by atoms with Crippen molar-refractivity contribution in [3.63, 3.8) is 0 Å². The van der Waals surface area contributed by atoms with Gasteiger partial charge in [0, 0.05) is 24.8 Å². The second-order valence-corrected chi connectivity index (χ2v) is 11.3. The number of carbonyl (C=O) groups excluding carboxylic acids is 1. The fourth-order valence-corrected chi connectivity index (χ4v) is 4.81. The molecular formula is C23H28FN3O6S. The van der Waals surface area contributed by atoms with Crippen molar-refractivity contribution in [2.75, 3.05) is 26.0 Å². The van der Waals surface area contributed by atoms with Crippen molar-refractivity contribution in [3.8, 4) is 17.5 Å². The number of sulfone groups is 1. The van der Waals surface area contributed by atoms with Crippen LogP contribution in [0, 0.1) is 24.1 Å². The Balaban J connectivity index is 1.39. The molecule has 2 aliphatic rings. The van der Waals surface area contributed by atoms with E-state index in [0.29, 0.717) is 37.1 Å². The molecule has 184 valence electrons. The maximum Gasteiger partial charge on any atom is 0.410 e. The van der Waals surface area contributed by atoms with Crippen LogP contribution in [0.5, 0.6) is 17.5 Å². The number of piperidine rings is 1. The average Bonchev–Trinajstić information content (AvgIpc) is 3.48. The van der Waals surface area contributed by atoms with Crippen molar-refractivity contribution < 1.29 is 31.8 Å². The summed E-state index contributed by atoms with van der Waals surface area (Å²) in [7, 11) is -3.53. The van der Waals surface area contributed by atoms with Crippen LogP contribution in [0.3, 0.4) is 0 Å². The Morgan fingerprint density at radius 3 is 2.68 bits per heavy atom. The van der Waals surface area contributed by atoms with E-state index in [4.69, 9.17) is 14.2 Å². The topological polar surface area (TPSA) is 108 Å². The van der Waals surface area contributed by atoms with Crippen molar-refractivity contribution in [1.82, 2.24) is 14.9 Å². The molecule has 1 saturated carbocycles. The number of aromatic nitrogens is 2. The number of benzene rings is 1. The lowest BCUT2D eigenvalue weighted by Gasteiger charge is -2.31. The molecule has 0 unspecified atom stereocenters. The zero-order valence-electron chi connectivity index (χ0n) is 19.6. The Kier molecular flexibility index (Phi) is 6.41.